The van der Waals surface area contributed by atoms with Crippen molar-refractivity contribution in [3.8, 4) is 11.6 Å². The van der Waals surface area contributed by atoms with E-state index in [1.807, 2.05) is 0 Å². The Hall–Kier alpha value is -2.70. The van der Waals surface area contributed by atoms with Crippen molar-refractivity contribution in [3.05, 3.63) is 48.2 Å². The van der Waals surface area contributed by atoms with Gasteiger partial charge in [0, 0.05) is 6.07 Å². The highest BCUT2D eigenvalue weighted by Crippen LogP contribution is 2.16. The third-order valence-corrected chi connectivity index (χ3v) is 2.74. The summed E-state index contributed by atoms with van der Waals surface area (Å²) in [6, 6.07) is 9.20. The zero-order valence-corrected chi connectivity index (χ0v) is 11.8. The van der Waals surface area contributed by atoms with Gasteiger partial charge in [0.05, 0.1) is 25.4 Å². The maximum Gasteiger partial charge on any atom is 0.387 e. The van der Waals surface area contributed by atoms with Crippen LogP contribution in [0, 0.1) is 0 Å². The van der Waals surface area contributed by atoms with E-state index in [4.69, 9.17) is 4.74 Å². The van der Waals surface area contributed by atoms with Crippen LogP contribution in [0.4, 0.5) is 14.5 Å². The second kappa shape index (κ2) is 7.35. The van der Waals surface area contributed by atoms with Gasteiger partial charge in [-0.25, -0.2) is 4.98 Å². The molecule has 0 fully saturated rings. The third kappa shape index (κ3) is 4.69. The predicted octanol–water partition coefficient (Wildman–Crippen LogP) is 2.87. The highest BCUT2D eigenvalue weighted by molar-refractivity contribution is 5.92. The van der Waals surface area contributed by atoms with Crippen LogP contribution in [0.3, 0.4) is 0 Å². The number of rotatable bonds is 6. The first kappa shape index (κ1) is 15.7. The average molecular weight is 308 g/mol. The maximum atomic E-state index is 12.0. The Morgan fingerprint density at radius 1 is 1.23 bits per heavy atom. The summed E-state index contributed by atoms with van der Waals surface area (Å²) in [5.41, 5.74) is 1.23. The molecule has 1 heterocycles. The highest BCUT2D eigenvalue weighted by atomic mass is 19.3. The van der Waals surface area contributed by atoms with Crippen molar-refractivity contribution in [1.29, 1.82) is 0 Å². The van der Waals surface area contributed by atoms with Crippen LogP contribution in [-0.4, -0.2) is 24.6 Å². The monoisotopic (exact) mass is 308 g/mol. The van der Waals surface area contributed by atoms with E-state index in [1.54, 1.807) is 24.3 Å². The van der Waals surface area contributed by atoms with Gasteiger partial charge in [-0.05, 0) is 23.8 Å². The van der Waals surface area contributed by atoms with Gasteiger partial charge in [-0.15, -0.1) is 0 Å². The second-order valence-electron chi connectivity index (χ2n) is 4.34. The van der Waals surface area contributed by atoms with E-state index >= 15 is 0 Å². The quantitative estimate of drug-likeness (QED) is 0.891. The summed E-state index contributed by atoms with van der Waals surface area (Å²) in [7, 11) is 1.50. The Bertz CT molecular complexity index is 616. The number of anilines is 1. The fourth-order valence-electron chi connectivity index (χ4n) is 1.75. The number of hydrogen-bond acceptors (Lipinski definition) is 4. The zero-order chi connectivity index (χ0) is 15.9. The molecule has 0 saturated heterocycles. The van der Waals surface area contributed by atoms with Gasteiger partial charge in [0.1, 0.15) is 5.75 Å². The Morgan fingerprint density at radius 3 is 2.50 bits per heavy atom. The molecule has 0 saturated carbocycles. The van der Waals surface area contributed by atoms with E-state index in [2.05, 4.69) is 15.0 Å². The summed E-state index contributed by atoms with van der Waals surface area (Å²) in [6.45, 7) is -2.86. The van der Waals surface area contributed by atoms with Crippen LogP contribution in [0.5, 0.6) is 11.6 Å². The summed E-state index contributed by atoms with van der Waals surface area (Å²) in [5.74, 6) is 0.264. The Morgan fingerprint density at radius 2 is 1.95 bits per heavy atom. The SMILES string of the molecule is COc1ccc(NC(=O)Cc2ccc(OC(F)F)cc2)cn1. The molecule has 116 valence electrons. The van der Waals surface area contributed by atoms with Gasteiger partial charge >= 0.3 is 6.61 Å². The molecule has 1 amide bonds. The van der Waals surface area contributed by atoms with Crippen LogP contribution >= 0.6 is 0 Å². The van der Waals surface area contributed by atoms with Crippen molar-refractivity contribution in [2.24, 2.45) is 0 Å². The number of alkyl halides is 2. The van der Waals surface area contributed by atoms with Crippen LogP contribution in [0.15, 0.2) is 42.6 Å². The zero-order valence-electron chi connectivity index (χ0n) is 11.8. The first-order valence-corrected chi connectivity index (χ1v) is 6.40. The molecule has 0 aliphatic carbocycles. The number of methoxy groups -OCH3 is 1. The topological polar surface area (TPSA) is 60.5 Å². The van der Waals surface area contributed by atoms with Crippen LogP contribution < -0.4 is 14.8 Å². The molecular weight excluding hydrogens is 294 g/mol. The molecule has 5 nitrogen and oxygen atoms in total. The summed E-state index contributed by atoms with van der Waals surface area (Å²) in [6.07, 6.45) is 1.59. The Labute approximate surface area is 125 Å². The molecule has 0 unspecified atom stereocenters. The maximum absolute atomic E-state index is 12.0. The number of nitrogens with zero attached hydrogens (tertiary/aromatic N) is 1. The molecule has 2 rings (SSSR count). The normalized spacial score (nSPS) is 10.4. The first-order chi connectivity index (χ1) is 10.6. The van der Waals surface area contributed by atoms with Crippen LogP contribution in [-0.2, 0) is 11.2 Å². The average Bonchev–Trinajstić information content (AvgIpc) is 2.49. The largest absolute Gasteiger partial charge is 0.481 e. The van der Waals surface area contributed by atoms with Gasteiger partial charge in [-0.2, -0.15) is 8.78 Å². The summed E-state index contributed by atoms with van der Waals surface area (Å²) >= 11 is 0. The number of aromatic nitrogens is 1. The van der Waals surface area contributed by atoms with Crippen molar-refractivity contribution in [3.63, 3.8) is 0 Å². The van der Waals surface area contributed by atoms with Crippen LogP contribution in [0.1, 0.15) is 5.56 Å². The molecule has 1 aromatic heterocycles. The lowest BCUT2D eigenvalue weighted by Gasteiger charge is -2.07. The molecule has 0 atom stereocenters. The predicted molar refractivity (Wildman–Crippen MR) is 76.2 cm³/mol. The standard InChI is InChI=1S/C15H14F2N2O3/c1-21-14-7-4-11(9-18-14)19-13(20)8-10-2-5-12(6-3-10)22-15(16)17/h2-7,9,15H,8H2,1H3,(H,19,20). The molecule has 0 radical (unpaired) electrons. The van der Waals surface area contributed by atoms with E-state index < -0.39 is 6.61 Å². The number of benzene rings is 1. The van der Waals surface area contributed by atoms with Crippen molar-refractivity contribution >= 4 is 11.6 Å². The van der Waals surface area contributed by atoms with Crippen molar-refractivity contribution in [1.82, 2.24) is 4.98 Å². The molecule has 0 aliphatic rings. The molecule has 0 spiro atoms. The van der Waals surface area contributed by atoms with Gasteiger partial charge in [0.2, 0.25) is 11.8 Å². The van der Waals surface area contributed by atoms with Gasteiger partial charge in [-0.1, -0.05) is 12.1 Å². The number of amides is 1. The summed E-state index contributed by atoms with van der Waals surface area (Å²) in [4.78, 5) is 15.8. The summed E-state index contributed by atoms with van der Waals surface area (Å²) in [5, 5.41) is 2.68. The number of pyridine rings is 1. The number of carbonyl (C=O) groups is 1. The van der Waals surface area contributed by atoms with E-state index in [9.17, 15) is 13.6 Å². The lowest BCUT2D eigenvalue weighted by molar-refractivity contribution is -0.115. The Balaban J connectivity index is 1.90. The van der Waals surface area contributed by atoms with Gasteiger partial charge in [-0.3, -0.25) is 4.79 Å². The molecule has 0 bridgehead atoms. The number of carbonyl (C=O) groups excluding carboxylic acids is 1. The minimum Gasteiger partial charge on any atom is -0.481 e. The smallest absolute Gasteiger partial charge is 0.387 e. The number of ether oxygens (including phenoxy) is 2. The van der Waals surface area contributed by atoms with E-state index in [0.29, 0.717) is 17.1 Å². The molecule has 2 aromatic rings. The fraction of sp³-hybridized carbons (Fsp3) is 0.200. The molecule has 7 heteroatoms. The van der Waals surface area contributed by atoms with Crippen molar-refractivity contribution in [2.75, 3.05) is 12.4 Å². The van der Waals surface area contributed by atoms with Crippen LogP contribution in [0.2, 0.25) is 0 Å². The molecule has 22 heavy (non-hydrogen) atoms. The minimum absolute atomic E-state index is 0.0542. The van der Waals surface area contributed by atoms with Gasteiger partial charge < -0.3 is 14.8 Å². The lowest BCUT2D eigenvalue weighted by atomic mass is 10.1. The van der Waals surface area contributed by atoms with E-state index in [0.717, 1.165) is 0 Å². The molecule has 1 aromatic carbocycles. The Kier molecular flexibility index (Phi) is 5.24. The molecular formula is C15H14F2N2O3. The lowest BCUT2D eigenvalue weighted by Crippen LogP contribution is -2.14. The van der Waals surface area contributed by atoms with Crippen LogP contribution in [0.25, 0.3) is 0 Å². The first-order valence-electron chi connectivity index (χ1n) is 6.40. The highest BCUT2D eigenvalue weighted by Gasteiger charge is 2.07. The van der Waals surface area contributed by atoms with E-state index in [-0.39, 0.29) is 18.1 Å². The fourth-order valence-corrected chi connectivity index (χ4v) is 1.75. The number of nitrogens with one attached hydrogen (secondary N) is 1. The molecule has 0 aliphatic heterocycles. The van der Waals surface area contributed by atoms with E-state index in [1.165, 1.54) is 25.4 Å². The number of halogens is 2. The van der Waals surface area contributed by atoms with Crippen molar-refractivity contribution in [2.45, 2.75) is 13.0 Å². The van der Waals surface area contributed by atoms with Gasteiger partial charge in [0.25, 0.3) is 0 Å². The third-order valence-electron chi connectivity index (χ3n) is 2.74. The minimum atomic E-state index is -2.86. The summed E-state index contributed by atoms with van der Waals surface area (Å²) < 4.78 is 33.2. The van der Waals surface area contributed by atoms with Crippen molar-refractivity contribution < 1.29 is 23.0 Å². The second-order valence-corrected chi connectivity index (χ2v) is 4.34. The number of hydrogen-bond donors (Lipinski definition) is 1. The van der Waals surface area contributed by atoms with Gasteiger partial charge in [0.15, 0.2) is 0 Å². The molecule has 1 N–H and O–H groups in total.